The van der Waals surface area contributed by atoms with E-state index in [1.54, 1.807) is 0 Å². The molecule has 3 rings (SSSR count). The standard InChI is InChI=1S/C23H23NOS/c1-19(24-18-25)17-26-23(20-11-5-2-6-12-20,21-13-7-3-8-14-21)22-15-9-4-10-16-22/h2-16,18-19H,17H2,1H3,(H,24,25). The third kappa shape index (κ3) is 3.83. The summed E-state index contributed by atoms with van der Waals surface area (Å²) in [7, 11) is 0. The molecule has 3 aromatic rings. The number of hydrogen-bond donors (Lipinski definition) is 1. The van der Waals surface area contributed by atoms with Crippen molar-refractivity contribution in [3.8, 4) is 0 Å². The number of carbonyl (C=O) groups excluding carboxylic acids is 1. The van der Waals surface area contributed by atoms with Crippen LogP contribution in [0.1, 0.15) is 23.6 Å². The molecule has 0 aliphatic rings. The molecular weight excluding hydrogens is 338 g/mol. The molecule has 3 heteroatoms. The molecule has 0 heterocycles. The average Bonchev–Trinajstić information content (AvgIpc) is 2.71. The Labute approximate surface area is 159 Å². The SMILES string of the molecule is CC(CSC(c1ccccc1)(c1ccccc1)c1ccccc1)NC=O. The van der Waals surface area contributed by atoms with E-state index in [9.17, 15) is 4.79 Å². The van der Waals surface area contributed by atoms with Gasteiger partial charge in [-0.1, -0.05) is 91.0 Å². The van der Waals surface area contributed by atoms with Gasteiger partial charge >= 0.3 is 0 Å². The Morgan fingerprint density at radius 2 is 1.19 bits per heavy atom. The lowest BCUT2D eigenvalue weighted by atomic mass is 9.84. The van der Waals surface area contributed by atoms with Crippen LogP contribution in [0.4, 0.5) is 0 Å². The first kappa shape index (κ1) is 18.3. The van der Waals surface area contributed by atoms with E-state index in [1.807, 2.05) is 36.9 Å². The van der Waals surface area contributed by atoms with Crippen molar-refractivity contribution in [2.75, 3.05) is 5.75 Å². The van der Waals surface area contributed by atoms with Crippen LogP contribution in [0.25, 0.3) is 0 Å². The Hall–Kier alpha value is -2.52. The van der Waals surface area contributed by atoms with Gasteiger partial charge in [0.15, 0.2) is 0 Å². The number of thioether (sulfide) groups is 1. The van der Waals surface area contributed by atoms with Gasteiger partial charge in [-0.05, 0) is 23.6 Å². The van der Waals surface area contributed by atoms with Crippen LogP contribution in [0.15, 0.2) is 91.0 Å². The topological polar surface area (TPSA) is 29.1 Å². The molecule has 0 aliphatic heterocycles. The molecule has 0 bridgehead atoms. The van der Waals surface area contributed by atoms with Crippen molar-refractivity contribution in [3.05, 3.63) is 108 Å². The molecule has 0 aliphatic carbocycles. The maximum absolute atomic E-state index is 10.8. The van der Waals surface area contributed by atoms with E-state index in [4.69, 9.17) is 0 Å². The summed E-state index contributed by atoms with van der Waals surface area (Å²) >= 11 is 1.85. The van der Waals surface area contributed by atoms with Crippen molar-refractivity contribution in [2.24, 2.45) is 0 Å². The fraction of sp³-hybridized carbons (Fsp3) is 0.174. The second-order valence-corrected chi connectivity index (χ2v) is 7.51. The lowest BCUT2D eigenvalue weighted by molar-refractivity contribution is -0.109. The predicted octanol–water partition coefficient (Wildman–Crippen LogP) is 4.85. The Balaban J connectivity index is 2.16. The minimum Gasteiger partial charge on any atom is -0.355 e. The summed E-state index contributed by atoms with van der Waals surface area (Å²) < 4.78 is -0.331. The summed E-state index contributed by atoms with van der Waals surface area (Å²) in [5, 5.41) is 2.87. The lowest BCUT2D eigenvalue weighted by Crippen LogP contribution is -2.32. The van der Waals surface area contributed by atoms with Crippen LogP contribution in [0, 0.1) is 0 Å². The Bertz CT molecular complexity index is 709. The third-order valence-electron chi connectivity index (χ3n) is 4.44. The molecule has 3 aromatic carbocycles. The molecule has 0 spiro atoms. The Morgan fingerprint density at radius 3 is 1.54 bits per heavy atom. The van der Waals surface area contributed by atoms with Crippen LogP contribution < -0.4 is 5.32 Å². The molecule has 0 saturated carbocycles. The van der Waals surface area contributed by atoms with Crippen LogP contribution in [0.5, 0.6) is 0 Å². The van der Waals surface area contributed by atoms with Crippen molar-refractivity contribution in [1.82, 2.24) is 5.32 Å². The molecular formula is C23H23NOS. The van der Waals surface area contributed by atoms with E-state index in [-0.39, 0.29) is 10.8 Å². The van der Waals surface area contributed by atoms with E-state index in [0.29, 0.717) is 0 Å². The fourth-order valence-corrected chi connectivity index (χ4v) is 4.69. The quantitative estimate of drug-likeness (QED) is 0.459. The smallest absolute Gasteiger partial charge is 0.207 e. The maximum atomic E-state index is 10.8. The molecule has 132 valence electrons. The zero-order valence-electron chi connectivity index (χ0n) is 14.8. The first-order valence-electron chi connectivity index (χ1n) is 8.77. The zero-order chi connectivity index (χ0) is 18.2. The van der Waals surface area contributed by atoms with Gasteiger partial charge in [0.25, 0.3) is 0 Å². The van der Waals surface area contributed by atoms with Crippen molar-refractivity contribution in [3.63, 3.8) is 0 Å². The molecule has 1 atom stereocenters. The largest absolute Gasteiger partial charge is 0.355 e. The Morgan fingerprint density at radius 1 is 0.808 bits per heavy atom. The maximum Gasteiger partial charge on any atom is 0.207 e. The number of benzene rings is 3. The number of nitrogens with one attached hydrogen (secondary N) is 1. The molecule has 0 fully saturated rings. The predicted molar refractivity (Wildman–Crippen MR) is 110 cm³/mol. The lowest BCUT2D eigenvalue weighted by Gasteiger charge is -2.36. The van der Waals surface area contributed by atoms with Gasteiger partial charge in [0.1, 0.15) is 0 Å². The number of amides is 1. The first-order chi connectivity index (χ1) is 12.8. The van der Waals surface area contributed by atoms with Gasteiger partial charge in [0, 0.05) is 11.8 Å². The molecule has 0 radical (unpaired) electrons. The fourth-order valence-electron chi connectivity index (χ4n) is 3.18. The van der Waals surface area contributed by atoms with E-state index in [2.05, 4.69) is 78.1 Å². The number of hydrogen-bond acceptors (Lipinski definition) is 2. The van der Waals surface area contributed by atoms with Gasteiger partial charge in [0.2, 0.25) is 6.41 Å². The van der Waals surface area contributed by atoms with Gasteiger partial charge < -0.3 is 5.32 Å². The first-order valence-corrected chi connectivity index (χ1v) is 9.76. The molecule has 1 N–H and O–H groups in total. The van der Waals surface area contributed by atoms with Crippen LogP contribution in [-0.2, 0) is 9.54 Å². The normalized spacial score (nSPS) is 12.3. The van der Waals surface area contributed by atoms with E-state index < -0.39 is 0 Å². The van der Waals surface area contributed by atoms with Gasteiger partial charge in [-0.3, -0.25) is 4.79 Å². The van der Waals surface area contributed by atoms with Crippen LogP contribution in [-0.4, -0.2) is 18.2 Å². The molecule has 0 saturated heterocycles. The van der Waals surface area contributed by atoms with Gasteiger partial charge in [0.05, 0.1) is 4.75 Å². The third-order valence-corrected chi connectivity index (χ3v) is 6.25. The van der Waals surface area contributed by atoms with Crippen LogP contribution in [0.3, 0.4) is 0 Å². The Kier molecular flexibility index (Phi) is 6.13. The van der Waals surface area contributed by atoms with E-state index in [1.165, 1.54) is 16.7 Å². The molecule has 0 aromatic heterocycles. The van der Waals surface area contributed by atoms with E-state index in [0.717, 1.165) is 12.2 Å². The monoisotopic (exact) mass is 361 g/mol. The second kappa shape index (κ2) is 8.72. The highest BCUT2D eigenvalue weighted by Crippen LogP contribution is 2.48. The second-order valence-electron chi connectivity index (χ2n) is 6.28. The van der Waals surface area contributed by atoms with Gasteiger partial charge in [-0.25, -0.2) is 0 Å². The van der Waals surface area contributed by atoms with Gasteiger partial charge in [-0.2, -0.15) is 0 Å². The minimum atomic E-state index is -0.331. The van der Waals surface area contributed by atoms with Crippen molar-refractivity contribution >= 4 is 18.2 Å². The minimum absolute atomic E-state index is 0.0908. The molecule has 1 amide bonds. The number of rotatable bonds is 8. The summed E-state index contributed by atoms with van der Waals surface area (Å²) in [6.07, 6.45) is 0.778. The summed E-state index contributed by atoms with van der Waals surface area (Å²) in [4.78, 5) is 10.8. The average molecular weight is 362 g/mol. The zero-order valence-corrected chi connectivity index (χ0v) is 15.7. The van der Waals surface area contributed by atoms with E-state index >= 15 is 0 Å². The highest BCUT2D eigenvalue weighted by atomic mass is 32.2. The summed E-state index contributed by atoms with van der Waals surface area (Å²) in [6, 6.07) is 31.9. The molecule has 26 heavy (non-hydrogen) atoms. The number of carbonyl (C=O) groups is 1. The van der Waals surface area contributed by atoms with Crippen LogP contribution in [0.2, 0.25) is 0 Å². The highest BCUT2D eigenvalue weighted by molar-refractivity contribution is 8.00. The van der Waals surface area contributed by atoms with Crippen molar-refractivity contribution < 1.29 is 4.79 Å². The summed E-state index contributed by atoms with van der Waals surface area (Å²) in [5.41, 5.74) is 3.71. The van der Waals surface area contributed by atoms with Gasteiger partial charge in [-0.15, -0.1) is 11.8 Å². The van der Waals surface area contributed by atoms with Crippen molar-refractivity contribution in [2.45, 2.75) is 17.7 Å². The molecule has 1 unspecified atom stereocenters. The summed E-state index contributed by atoms with van der Waals surface area (Å²) in [6.45, 7) is 2.03. The summed E-state index contributed by atoms with van der Waals surface area (Å²) in [5.74, 6) is 0.803. The van der Waals surface area contributed by atoms with Crippen molar-refractivity contribution in [1.29, 1.82) is 0 Å². The highest BCUT2D eigenvalue weighted by Gasteiger charge is 2.37. The van der Waals surface area contributed by atoms with Crippen LogP contribution >= 0.6 is 11.8 Å². The molecule has 2 nitrogen and oxygen atoms in total.